The Bertz CT molecular complexity index is 384. The Balaban J connectivity index is 3.13. The van der Waals surface area contributed by atoms with Gasteiger partial charge >= 0.3 is 0 Å². The Labute approximate surface area is 123 Å². The SMILES string of the molecule is C[Si](C)(C)OC(c1ccccc1Cl)C(Cl)(Cl)Cl. The van der Waals surface area contributed by atoms with Crippen LogP contribution in [0.4, 0.5) is 0 Å². The van der Waals surface area contributed by atoms with E-state index in [-0.39, 0.29) is 0 Å². The normalized spacial score (nSPS) is 14.8. The quantitative estimate of drug-likeness (QED) is 0.517. The Morgan fingerprint density at radius 1 is 1.12 bits per heavy atom. The largest absolute Gasteiger partial charge is 0.406 e. The summed E-state index contributed by atoms with van der Waals surface area (Å²) in [5.74, 6) is 0. The summed E-state index contributed by atoms with van der Waals surface area (Å²) >= 11 is 24.1. The van der Waals surface area contributed by atoms with Crippen LogP contribution in [-0.2, 0) is 4.43 Å². The number of rotatable bonds is 3. The first kappa shape index (κ1) is 15.6. The van der Waals surface area contributed by atoms with Crippen LogP contribution in [0.3, 0.4) is 0 Å². The van der Waals surface area contributed by atoms with Gasteiger partial charge in [0.2, 0.25) is 3.79 Å². The van der Waals surface area contributed by atoms with Crippen LogP contribution >= 0.6 is 46.4 Å². The van der Waals surface area contributed by atoms with Gasteiger partial charge in [0.05, 0.1) is 0 Å². The molecule has 0 fully saturated rings. The average molecular weight is 332 g/mol. The zero-order valence-electron chi connectivity index (χ0n) is 9.81. The van der Waals surface area contributed by atoms with Crippen molar-refractivity contribution in [2.75, 3.05) is 0 Å². The molecule has 0 radical (unpaired) electrons. The van der Waals surface area contributed by atoms with Crippen molar-refractivity contribution in [3.05, 3.63) is 34.9 Å². The summed E-state index contributed by atoms with van der Waals surface area (Å²) in [4.78, 5) is 0. The molecule has 96 valence electrons. The first-order chi connectivity index (χ1) is 7.61. The summed E-state index contributed by atoms with van der Waals surface area (Å²) in [6, 6.07) is 7.25. The van der Waals surface area contributed by atoms with Crippen molar-refractivity contribution in [3.8, 4) is 0 Å². The molecule has 0 saturated carbocycles. The lowest BCUT2D eigenvalue weighted by atomic mass is 10.1. The van der Waals surface area contributed by atoms with Crippen LogP contribution in [0.2, 0.25) is 24.7 Å². The minimum absolute atomic E-state index is 0.544. The summed E-state index contributed by atoms with van der Waals surface area (Å²) in [7, 11) is -1.85. The number of hydrogen-bond acceptors (Lipinski definition) is 1. The fraction of sp³-hybridized carbons (Fsp3) is 0.455. The number of hydrogen-bond donors (Lipinski definition) is 0. The number of halogens is 4. The monoisotopic (exact) mass is 330 g/mol. The van der Waals surface area contributed by atoms with Gasteiger partial charge in [0.1, 0.15) is 6.10 Å². The van der Waals surface area contributed by atoms with Gasteiger partial charge in [-0.2, -0.15) is 0 Å². The van der Waals surface area contributed by atoms with E-state index in [1.165, 1.54) is 0 Å². The smallest absolute Gasteiger partial charge is 0.219 e. The van der Waals surface area contributed by atoms with Crippen LogP contribution < -0.4 is 0 Å². The third-order valence-electron chi connectivity index (χ3n) is 1.96. The lowest BCUT2D eigenvalue weighted by Gasteiger charge is -2.32. The summed E-state index contributed by atoms with van der Waals surface area (Å²) in [5.41, 5.74) is 0.705. The minimum atomic E-state index is -1.85. The van der Waals surface area contributed by atoms with Crippen molar-refractivity contribution in [3.63, 3.8) is 0 Å². The van der Waals surface area contributed by atoms with Crippen LogP contribution in [0.5, 0.6) is 0 Å². The van der Waals surface area contributed by atoms with Crippen molar-refractivity contribution in [2.24, 2.45) is 0 Å². The third-order valence-corrected chi connectivity index (χ3v) is 3.84. The standard InChI is InChI=1S/C11H14Cl4OSi/c1-17(2,3)16-10(11(13,14)15)8-6-4-5-7-9(8)12/h4-7,10H,1-3H3. The van der Waals surface area contributed by atoms with Gasteiger partial charge in [-0.1, -0.05) is 64.6 Å². The fourth-order valence-corrected chi connectivity index (χ4v) is 3.30. The first-order valence-corrected chi connectivity index (χ1v) is 10.0. The van der Waals surface area contributed by atoms with E-state index >= 15 is 0 Å². The van der Waals surface area contributed by atoms with Crippen LogP contribution in [0.1, 0.15) is 11.7 Å². The molecule has 0 aliphatic carbocycles. The second-order valence-electron chi connectivity index (χ2n) is 4.67. The first-order valence-electron chi connectivity index (χ1n) is 5.10. The van der Waals surface area contributed by atoms with Gasteiger partial charge in [-0.05, 0) is 25.7 Å². The van der Waals surface area contributed by atoms with Gasteiger partial charge in [0, 0.05) is 10.6 Å². The van der Waals surface area contributed by atoms with E-state index in [0.29, 0.717) is 10.6 Å². The lowest BCUT2D eigenvalue weighted by molar-refractivity contribution is 0.202. The van der Waals surface area contributed by atoms with E-state index in [1.807, 2.05) is 37.8 Å². The highest BCUT2D eigenvalue weighted by molar-refractivity contribution is 6.71. The minimum Gasteiger partial charge on any atom is -0.406 e. The second kappa shape index (κ2) is 5.68. The molecule has 1 rings (SSSR count). The highest BCUT2D eigenvalue weighted by Crippen LogP contribution is 2.45. The molecule has 1 unspecified atom stereocenters. The molecule has 1 aromatic rings. The molecule has 17 heavy (non-hydrogen) atoms. The molecule has 1 atom stereocenters. The molecule has 0 saturated heterocycles. The maximum Gasteiger partial charge on any atom is 0.219 e. The molecule has 0 aromatic heterocycles. The Morgan fingerprint density at radius 2 is 1.65 bits per heavy atom. The van der Waals surface area contributed by atoms with Gasteiger partial charge < -0.3 is 4.43 Å². The van der Waals surface area contributed by atoms with E-state index in [1.54, 1.807) is 6.07 Å². The summed E-state index contributed by atoms with van der Waals surface area (Å²) in [5, 5.41) is 0.544. The van der Waals surface area contributed by atoms with Gasteiger partial charge in [-0.25, -0.2) is 0 Å². The zero-order valence-corrected chi connectivity index (χ0v) is 13.8. The zero-order chi connectivity index (χ0) is 13.3. The van der Waals surface area contributed by atoms with Gasteiger partial charge in [0.25, 0.3) is 0 Å². The summed E-state index contributed by atoms with van der Waals surface area (Å²) in [6.07, 6.45) is -0.645. The fourth-order valence-electron chi connectivity index (χ4n) is 1.35. The molecule has 0 heterocycles. The third kappa shape index (κ3) is 4.97. The summed E-state index contributed by atoms with van der Waals surface area (Å²) in [6.45, 7) is 6.10. The average Bonchev–Trinajstić information content (AvgIpc) is 2.12. The predicted molar refractivity (Wildman–Crippen MR) is 78.9 cm³/mol. The van der Waals surface area contributed by atoms with E-state index in [9.17, 15) is 0 Å². The lowest BCUT2D eigenvalue weighted by Crippen LogP contribution is -2.33. The van der Waals surface area contributed by atoms with Crippen LogP contribution in [0.25, 0.3) is 0 Å². The molecular weight excluding hydrogens is 318 g/mol. The molecule has 1 nitrogen and oxygen atoms in total. The Hall–Kier alpha value is 0.557. The van der Waals surface area contributed by atoms with E-state index in [0.717, 1.165) is 0 Å². The molecule has 0 spiro atoms. The van der Waals surface area contributed by atoms with Crippen LogP contribution in [0.15, 0.2) is 24.3 Å². The molecular formula is C11H14Cl4OSi. The number of alkyl halides is 3. The topological polar surface area (TPSA) is 9.23 Å². The van der Waals surface area contributed by atoms with Crippen molar-refractivity contribution in [1.29, 1.82) is 0 Å². The van der Waals surface area contributed by atoms with E-state index in [4.69, 9.17) is 50.8 Å². The van der Waals surface area contributed by atoms with Gasteiger partial charge in [0.15, 0.2) is 8.32 Å². The molecule has 0 N–H and O–H groups in total. The maximum atomic E-state index is 6.11. The van der Waals surface area contributed by atoms with Crippen molar-refractivity contribution < 1.29 is 4.43 Å². The van der Waals surface area contributed by atoms with Gasteiger partial charge in [-0.3, -0.25) is 0 Å². The maximum absolute atomic E-state index is 6.11. The molecule has 0 amide bonds. The highest BCUT2D eigenvalue weighted by atomic mass is 35.6. The molecule has 6 heteroatoms. The molecule has 1 aromatic carbocycles. The predicted octanol–water partition coefficient (Wildman–Crippen LogP) is 5.60. The Morgan fingerprint density at radius 3 is 2.06 bits per heavy atom. The van der Waals surface area contributed by atoms with E-state index < -0.39 is 18.2 Å². The molecule has 0 aliphatic heterocycles. The molecule has 0 aliphatic rings. The number of benzene rings is 1. The van der Waals surface area contributed by atoms with Crippen molar-refractivity contribution in [2.45, 2.75) is 29.5 Å². The summed E-state index contributed by atoms with van der Waals surface area (Å²) < 4.78 is 4.39. The highest BCUT2D eigenvalue weighted by Gasteiger charge is 2.38. The van der Waals surface area contributed by atoms with E-state index in [2.05, 4.69) is 0 Å². The van der Waals surface area contributed by atoms with Crippen molar-refractivity contribution >= 4 is 54.7 Å². The van der Waals surface area contributed by atoms with Gasteiger partial charge in [-0.15, -0.1) is 0 Å². The second-order valence-corrected chi connectivity index (χ2v) is 11.9. The van der Waals surface area contributed by atoms with Crippen molar-refractivity contribution in [1.82, 2.24) is 0 Å². The molecule has 0 bridgehead atoms. The van der Waals surface area contributed by atoms with Crippen LogP contribution in [0, 0.1) is 0 Å². The Kier molecular flexibility index (Phi) is 5.22. The van der Waals surface area contributed by atoms with Crippen LogP contribution in [-0.4, -0.2) is 12.1 Å².